The number of benzene rings is 3. The number of oxime groups is 1. The van der Waals surface area contributed by atoms with Crippen LogP contribution in [0.4, 0.5) is 0 Å². The van der Waals surface area contributed by atoms with Crippen molar-refractivity contribution in [2.75, 3.05) is 33.5 Å². The second-order valence-corrected chi connectivity index (χ2v) is 18.4. The zero-order valence-electron chi connectivity index (χ0n) is 37.2. The minimum atomic E-state index is -1.28. The van der Waals surface area contributed by atoms with Crippen LogP contribution in [-0.2, 0) is 19.1 Å². The molecule has 0 radical (unpaired) electrons. The molecule has 8 rings (SSSR count). The van der Waals surface area contributed by atoms with E-state index in [-0.39, 0.29) is 49.4 Å². The molecule has 3 fully saturated rings. The van der Waals surface area contributed by atoms with E-state index in [1.54, 1.807) is 6.08 Å². The molecule has 63 heavy (non-hydrogen) atoms. The van der Waals surface area contributed by atoms with Gasteiger partial charge in [0.15, 0.2) is 0 Å². The van der Waals surface area contributed by atoms with E-state index in [0.29, 0.717) is 49.7 Å². The summed E-state index contributed by atoms with van der Waals surface area (Å²) in [4.78, 5) is 22.6. The Hall–Kier alpha value is -4.48. The van der Waals surface area contributed by atoms with E-state index in [0.717, 1.165) is 85.1 Å². The first-order chi connectivity index (χ1) is 30.9. The van der Waals surface area contributed by atoms with Crippen LogP contribution in [0.3, 0.4) is 0 Å². The monoisotopic (exact) mass is 860 g/mol. The van der Waals surface area contributed by atoms with Gasteiger partial charge in [0.25, 0.3) is 0 Å². The highest BCUT2D eigenvalue weighted by Crippen LogP contribution is 2.62. The van der Waals surface area contributed by atoms with E-state index in [1.807, 2.05) is 54.4 Å². The van der Waals surface area contributed by atoms with Gasteiger partial charge in [-0.1, -0.05) is 98.3 Å². The Kier molecular flexibility index (Phi) is 15.4. The lowest BCUT2D eigenvalue weighted by molar-refractivity contribution is -0.256. The molecule has 7 atom stereocenters. The normalized spacial score (nSPS) is 27.2. The van der Waals surface area contributed by atoms with Crippen molar-refractivity contribution >= 4 is 11.6 Å². The van der Waals surface area contributed by atoms with Crippen molar-refractivity contribution in [2.24, 2.45) is 28.8 Å². The number of hydrogen-bond donors (Lipinski definition) is 2. The number of amides is 1. The van der Waals surface area contributed by atoms with E-state index in [1.165, 1.54) is 25.7 Å². The van der Waals surface area contributed by atoms with E-state index in [9.17, 15) is 15.0 Å². The summed E-state index contributed by atoms with van der Waals surface area (Å²) in [7, 11) is 1.91. The molecule has 3 aliphatic carbocycles. The lowest BCUT2D eigenvalue weighted by atomic mass is 9.55. The van der Waals surface area contributed by atoms with Crippen molar-refractivity contribution in [1.82, 2.24) is 4.90 Å². The van der Waals surface area contributed by atoms with E-state index in [4.69, 9.17) is 28.9 Å². The Bertz CT molecular complexity index is 2020. The zero-order valence-corrected chi connectivity index (χ0v) is 37.2. The molecule has 3 aromatic carbocycles. The number of likely N-dealkylation sites (N-methyl/N-ethyl adjacent to an activating group) is 1. The molecular weight excluding hydrogens is 793 g/mol. The highest BCUT2D eigenvalue weighted by Gasteiger charge is 2.65. The largest absolute Gasteiger partial charge is 0.459 e. The molecule has 5 aliphatic rings. The second kappa shape index (κ2) is 21.5. The van der Waals surface area contributed by atoms with Gasteiger partial charge in [0.1, 0.15) is 23.3 Å². The number of fused-ring (bicyclic) bond motifs is 2. The number of carbonyl (C=O) groups excluding carboxylic acids is 1. The highest BCUT2D eigenvalue weighted by molar-refractivity contribution is 6.03. The number of nitrogens with zero attached hydrogens (tertiary/aromatic N) is 2. The smallest absolute Gasteiger partial charge is 0.239 e. The minimum Gasteiger partial charge on any atom is -0.459 e. The molecule has 0 spiro atoms. The van der Waals surface area contributed by atoms with Gasteiger partial charge in [-0.2, -0.15) is 0 Å². The van der Waals surface area contributed by atoms with E-state index < -0.39 is 18.1 Å². The molecule has 0 aromatic heterocycles. The van der Waals surface area contributed by atoms with Crippen molar-refractivity contribution in [3.05, 3.63) is 103 Å². The third-order valence-electron chi connectivity index (χ3n) is 14.4. The first-order valence-electron chi connectivity index (χ1n) is 23.9. The summed E-state index contributed by atoms with van der Waals surface area (Å²) >= 11 is 0. The molecule has 0 bridgehead atoms. The Balaban J connectivity index is 1.24. The summed E-state index contributed by atoms with van der Waals surface area (Å²) in [5, 5.41) is 24.9. The van der Waals surface area contributed by atoms with Crippen LogP contribution in [0.15, 0.2) is 102 Å². The number of unbranched alkanes of at least 4 members (excludes halogenated alkanes) is 2. The average molecular weight is 861 g/mol. The van der Waals surface area contributed by atoms with Gasteiger partial charge in [0.05, 0.1) is 24.8 Å². The fraction of sp³-hybridized carbons (Fsp3) is 0.547. The van der Waals surface area contributed by atoms with Crippen LogP contribution >= 0.6 is 0 Å². The van der Waals surface area contributed by atoms with Crippen LogP contribution in [-0.4, -0.2) is 78.3 Å². The van der Waals surface area contributed by atoms with Gasteiger partial charge in [-0.3, -0.25) is 4.79 Å². The first kappa shape index (κ1) is 45.1. The fourth-order valence-corrected chi connectivity index (χ4v) is 11.2. The number of carbonyl (C=O) groups is 1. The molecule has 10 heteroatoms. The van der Waals surface area contributed by atoms with Gasteiger partial charge in [-0.25, -0.2) is 0 Å². The molecule has 2 heterocycles. The van der Waals surface area contributed by atoms with Crippen molar-refractivity contribution in [1.29, 1.82) is 0 Å². The average Bonchev–Trinajstić information content (AvgIpc) is 3.85. The maximum absolute atomic E-state index is 14.5. The van der Waals surface area contributed by atoms with Crippen molar-refractivity contribution < 1.29 is 38.8 Å². The van der Waals surface area contributed by atoms with Crippen LogP contribution in [0.25, 0.3) is 11.1 Å². The van der Waals surface area contributed by atoms with Crippen LogP contribution in [0.1, 0.15) is 114 Å². The van der Waals surface area contributed by atoms with Crippen LogP contribution in [0.2, 0.25) is 0 Å². The second-order valence-electron chi connectivity index (χ2n) is 18.4. The maximum atomic E-state index is 14.5. The van der Waals surface area contributed by atoms with Crippen molar-refractivity contribution in [3.8, 4) is 28.4 Å². The molecule has 2 saturated carbocycles. The number of ether oxygens (including phenoxy) is 4. The van der Waals surface area contributed by atoms with Gasteiger partial charge < -0.3 is 38.9 Å². The summed E-state index contributed by atoms with van der Waals surface area (Å²) < 4.78 is 27.1. The third kappa shape index (κ3) is 10.3. The van der Waals surface area contributed by atoms with Gasteiger partial charge in [-0.15, -0.1) is 6.58 Å². The lowest BCUT2D eigenvalue weighted by Gasteiger charge is -2.59. The Morgan fingerprint density at radius 1 is 0.889 bits per heavy atom. The molecule has 7 unspecified atom stereocenters. The molecule has 3 aromatic rings. The zero-order chi connectivity index (χ0) is 43.6. The standard InChI is InChI=1S/C53H68N2O8/c1-3-32-60-53-48(55(2)49(58)29-22-37-15-7-8-16-37)36-46(54-63-50-21-11-14-33-59-50)44-34-40(19-9-12-30-56)43(20-10-13-31-57)51(52(44)53)45-35-42(27-28-47(45)62-53)61-41-25-23-39(24-26-41)38-17-5-4-6-18-38/h3-6,17-18,23-28,34-35,37,40,43,48,50-52,56-57H,1,7-16,19-22,29-33,36H2,2H3. The molecule has 2 N–H and O–H groups in total. The lowest BCUT2D eigenvalue weighted by Crippen LogP contribution is -2.69. The third-order valence-corrected chi connectivity index (χ3v) is 14.4. The molecule has 1 saturated heterocycles. The molecule has 10 nitrogen and oxygen atoms in total. The SMILES string of the molecule is C=CCOC12Oc3ccc(Oc4ccc(-c5ccccc5)cc4)cc3C3C(CCCCO)C(CCCCO)C=C(C(=NOC4CCCCO4)CC1N(C)C(=O)CCC1CCCC1)C32. The number of aliphatic hydroxyl groups excluding tert-OH is 2. The van der Waals surface area contributed by atoms with Gasteiger partial charge >= 0.3 is 0 Å². The van der Waals surface area contributed by atoms with E-state index in [2.05, 4.69) is 43.0 Å². The first-order valence-corrected chi connectivity index (χ1v) is 23.9. The van der Waals surface area contributed by atoms with Gasteiger partial charge in [0.2, 0.25) is 18.0 Å². The molecular formula is C53H68N2O8. The highest BCUT2D eigenvalue weighted by atomic mass is 16.8. The van der Waals surface area contributed by atoms with Crippen molar-refractivity contribution in [2.45, 2.75) is 127 Å². The van der Waals surface area contributed by atoms with Crippen LogP contribution in [0.5, 0.6) is 17.2 Å². The molecule has 1 amide bonds. The summed E-state index contributed by atoms with van der Waals surface area (Å²) in [6, 6.07) is 24.1. The summed E-state index contributed by atoms with van der Waals surface area (Å²) in [5.41, 5.74) is 5.09. The predicted octanol–water partition coefficient (Wildman–Crippen LogP) is 10.7. The maximum Gasteiger partial charge on any atom is 0.239 e. The van der Waals surface area contributed by atoms with Crippen LogP contribution in [0, 0.1) is 23.7 Å². The van der Waals surface area contributed by atoms with E-state index >= 15 is 0 Å². The molecule has 2 aliphatic heterocycles. The Morgan fingerprint density at radius 3 is 2.35 bits per heavy atom. The Labute approximate surface area is 374 Å². The Morgan fingerprint density at radius 2 is 1.62 bits per heavy atom. The number of hydrogen-bond acceptors (Lipinski definition) is 9. The van der Waals surface area contributed by atoms with Crippen LogP contribution < -0.4 is 9.47 Å². The van der Waals surface area contributed by atoms with Gasteiger partial charge in [-0.05, 0) is 110 Å². The van der Waals surface area contributed by atoms with Gasteiger partial charge in [0, 0.05) is 51.0 Å². The fourth-order valence-electron chi connectivity index (χ4n) is 11.2. The quantitative estimate of drug-likeness (QED) is 0.0655. The predicted molar refractivity (Wildman–Crippen MR) is 246 cm³/mol. The molecule has 338 valence electrons. The summed E-state index contributed by atoms with van der Waals surface area (Å²) in [6.45, 7) is 5.19. The summed E-state index contributed by atoms with van der Waals surface area (Å²) in [5.74, 6) is 1.23. The number of allylic oxidation sites excluding steroid dienone is 1. The number of aliphatic hydroxyl groups is 2. The minimum absolute atomic E-state index is 0.0713. The summed E-state index contributed by atoms with van der Waals surface area (Å²) in [6.07, 6.45) is 17.9. The van der Waals surface area contributed by atoms with Crippen molar-refractivity contribution in [3.63, 3.8) is 0 Å². The topological polar surface area (TPSA) is 119 Å². The number of rotatable bonds is 20.